The fraction of sp³-hybridized carbons (Fsp3) is 1.00. The Bertz CT molecular complexity index is 228. The number of methoxy groups -OCH3 is 2. The standard InChI is InChI=1S/C9H17BO3S/c1-5(11-2)9-4-14-6(7(9)12-3)8(10)13-9/h5-8H,4,10H2,1-3H3/t5?,6?,7?,8-,9-/m1/s1. The Morgan fingerprint density at radius 2 is 2.29 bits per heavy atom. The van der Waals surface area contributed by atoms with E-state index in [0.29, 0.717) is 5.25 Å². The second kappa shape index (κ2) is 3.70. The highest BCUT2D eigenvalue weighted by Crippen LogP contribution is 2.50. The largest absolute Gasteiger partial charge is 0.379 e. The minimum Gasteiger partial charge on any atom is -0.379 e. The first-order valence-corrected chi connectivity index (χ1v) is 6.05. The van der Waals surface area contributed by atoms with Gasteiger partial charge in [-0.25, -0.2) is 0 Å². The summed E-state index contributed by atoms with van der Waals surface area (Å²) < 4.78 is 17.0. The van der Waals surface area contributed by atoms with E-state index in [2.05, 4.69) is 14.8 Å². The molecule has 80 valence electrons. The van der Waals surface area contributed by atoms with E-state index < -0.39 is 0 Å². The maximum absolute atomic E-state index is 6.03. The molecule has 2 fully saturated rings. The molecule has 2 aliphatic rings. The van der Waals surface area contributed by atoms with Gasteiger partial charge in [-0.1, -0.05) is 0 Å². The molecule has 2 rings (SSSR count). The Hall–Kier alpha value is 0.295. The molecule has 2 bridgehead atoms. The lowest BCUT2D eigenvalue weighted by molar-refractivity contribution is -0.135. The summed E-state index contributed by atoms with van der Waals surface area (Å²) in [4.78, 5) is 0. The lowest BCUT2D eigenvalue weighted by Gasteiger charge is -2.35. The predicted molar refractivity (Wildman–Crippen MR) is 59.7 cm³/mol. The first kappa shape index (κ1) is 10.8. The molecule has 0 spiro atoms. The predicted octanol–water partition coefficient (Wildman–Crippen LogP) is -0.120. The van der Waals surface area contributed by atoms with Crippen molar-refractivity contribution in [3.05, 3.63) is 0 Å². The molecule has 0 aromatic heterocycles. The maximum atomic E-state index is 6.03. The summed E-state index contributed by atoms with van der Waals surface area (Å²) in [5, 5.41) is 0.470. The quantitative estimate of drug-likeness (QED) is 0.615. The third kappa shape index (κ3) is 1.26. The van der Waals surface area contributed by atoms with Gasteiger partial charge in [-0.15, -0.1) is 0 Å². The van der Waals surface area contributed by atoms with E-state index in [0.717, 1.165) is 5.75 Å². The number of hydrogen-bond donors (Lipinski definition) is 0. The van der Waals surface area contributed by atoms with Crippen molar-refractivity contribution in [2.75, 3.05) is 20.0 Å². The van der Waals surface area contributed by atoms with Gasteiger partial charge in [0.15, 0.2) is 0 Å². The zero-order valence-corrected chi connectivity index (χ0v) is 9.97. The van der Waals surface area contributed by atoms with E-state index in [4.69, 9.17) is 14.2 Å². The smallest absolute Gasteiger partial charge is 0.140 e. The molecule has 3 unspecified atom stereocenters. The number of hydrogen-bond acceptors (Lipinski definition) is 4. The molecule has 5 heteroatoms. The van der Waals surface area contributed by atoms with Gasteiger partial charge in [0.25, 0.3) is 0 Å². The average Bonchev–Trinajstić information content (AvgIpc) is 2.68. The van der Waals surface area contributed by atoms with Gasteiger partial charge in [-0.3, -0.25) is 0 Å². The van der Waals surface area contributed by atoms with Crippen molar-refractivity contribution in [2.45, 2.75) is 36.0 Å². The zero-order chi connectivity index (χ0) is 10.3. The second-order valence-corrected chi connectivity index (χ2v) is 5.25. The van der Waals surface area contributed by atoms with Gasteiger partial charge in [0, 0.05) is 26.0 Å². The number of rotatable bonds is 3. The summed E-state index contributed by atoms with van der Waals surface area (Å²) in [6.45, 7) is 2.06. The van der Waals surface area contributed by atoms with Gasteiger partial charge in [0.1, 0.15) is 19.6 Å². The van der Waals surface area contributed by atoms with E-state index in [1.165, 1.54) is 0 Å². The van der Waals surface area contributed by atoms with Gasteiger partial charge in [0.2, 0.25) is 0 Å². The van der Waals surface area contributed by atoms with Crippen molar-refractivity contribution < 1.29 is 14.2 Å². The highest BCUT2D eigenvalue weighted by molar-refractivity contribution is 8.00. The lowest BCUT2D eigenvalue weighted by atomic mass is 9.90. The van der Waals surface area contributed by atoms with Crippen LogP contribution in [0.5, 0.6) is 0 Å². The van der Waals surface area contributed by atoms with Gasteiger partial charge >= 0.3 is 0 Å². The zero-order valence-electron chi connectivity index (χ0n) is 9.15. The van der Waals surface area contributed by atoms with Crippen LogP contribution in [0.4, 0.5) is 0 Å². The Morgan fingerprint density at radius 3 is 2.79 bits per heavy atom. The van der Waals surface area contributed by atoms with Crippen LogP contribution in [0.15, 0.2) is 0 Å². The number of ether oxygens (including phenoxy) is 3. The van der Waals surface area contributed by atoms with Crippen molar-refractivity contribution >= 4 is 19.6 Å². The molecule has 2 aliphatic heterocycles. The average molecular weight is 216 g/mol. The van der Waals surface area contributed by atoms with Crippen LogP contribution >= 0.6 is 11.8 Å². The van der Waals surface area contributed by atoms with Gasteiger partial charge in [0.05, 0.1) is 11.4 Å². The molecule has 2 heterocycles. The van der Waals surface area contributed by atoms with Crippen LogP contribution in [-0.2, 0) is 14.2 Å². The van der Waals surface area contributed by atoms with Crippen LogP contribution in [0.25, 0.3) is 0 Å². The van der Waals surface area contributed by atoms with Crippen molar-refractivity contribution in [3.63, 3.8) is 0 Å². The van der Waals surface area contributed by atoms with Crippen molar-refractivity contribution in [1.29, 1.82) is 0 Å². The summed E-state index contributed by atoms with van der Waals surface area (Å²) in [6, 6.07) is 0.274. The fourth-order valence-electron chi connectivity index (χ4n) is 2.55. The fourth-order valence-corrected chi connectivity index (χ4v) is 4.31. The van der Waals surface area contributed by atoms with E-state index in [1.54, 1.807) is 14.2 Å². The highest BCUT2D eigenvalue weighted by atomic mass is 32.2. The Kier molecular flexibility index (Phi) is 2.86. The molecule has 2 saturated heterocycles. The molecule has 0 saturated carbocycles. The Labute approximate surface area is 90.3 Å². The molecule has 0 amide bonds. The molecule has 0 N–H and O–H groups in total. The van der Waals surface area contributed by atoms with Crippen molar-refractivity contribution in [3.8, 4) is 0 Å². The summed E-state index contributed by atoms with van der Waals surface area (Å²) in [6.07, 6.45) is 0.271. The number of thioether (sulfide) groups is 1. The summed E-state index contributed by atoms with van der Waals surface area (Å²) in [5.41, 5.74) is -0.224. The van der Waals surface area contributed by atoms with Gasteiger partial charge in [-0.05, 0) is 6.92 Å². The van der Waals surface area contributed by atoms with Crippen LogP contribution in [-0.4, -0.2) is 56.9 Å². The third-order valence-electron chi connectivity index (χ3n) is 3.44. The topological polar surface area (TPSA) is 27.7 Å². The van der Waals surface area contributed by atoms with Crippen LogP contribution in [0, 0.1) is 0 Å². The Morgan fingerprint density at radius 1 is 1.57 bits per heavy atom. The summed E-state index contributed by atoms with van der Waals surface area (Å²) in [7, 11) is 5.62. The maximum Gasteiger partial charge on any atom is 0.140 e. The summed E-state index contributed by atoms with van der Waals surface area (Å²) in [5.74, 6) is 0.982. The van der Waals surface area contributed by atoms with Crippen LogP contribution in [0.3, 0.4) is 0 Å². The molecule has 3 nitrogen and oxygen atoms in total. The summed E-state index contributed by atoms with van der Waals surface area (Å²) >= 11 is 1.95. The highest BCUT2D eigenvalue weighted by Gasteiger charge is 2.62. The van der Waals surface area contributed by atoms with Crippen LogP contribution in [0.2, 0.25) is 0 Å². The second-order valence-electron chi connectivity index (χ2n) is 4.09. The van der Waals surface area contributed by atoms with E-state index in [1.807, 2.05) is 11.8 Å². The minimum absolute atomic E-state index is 0.0925. The van der Waals surface area contributed by atoms with E-state index in [9.17, 15) is 0 Å². The minimum atomic E-state index is -0.224. The van der Waals surface area contributed by atoms with Crippen LogP contribution < -0.4 is 0 Å². The third-order valence-corrected chi connectivity index (χ3v) is 5.08. The molecule has 0 radical (unpaired) electrons. The molecule has 0 aliphatic carbocycles. The molecule has 5 atom stereocenters. The molecular formula is C9H17BO3S. The number of fused-ring (bicyclic) bond motifs is 2. The normalized spacial score (nSPS) is 48.4. The monoisotopic (exact) mass is 216 g/mol. The van der Waals surface area contributed by atoms with Crippen molar-refractivity contribution in [1.82, 2.24) is 0 Å². The molecule has 0 aromatic rings. The molecular weight excluding hydrogens is 199 g/mol. The van der Waals surface area contributed by atoms with E-state index in [-0.39, 0.29) is 23.8 Å². The molecule has 0 aromatic carbocycles. The lowest BCUT2D eigenvalue weighted by Crippen LogP contribution is -2.51. The van der Waals surface area contributed by atoms with Crippen LogP contribution in [0.1, 0.15) is 6.92 Å². The first-order valence-electron chi connectivity index (χ1n) is 5.00. The van der Waals surface area contributed by atoms with E-state index >= 15 is 0 Å². The Balaban J connectivity index is 2.24. The molecule has 14 heavy (non-hydrogen) atoms. The first-order chi connectivity index (χ1) is 6.65. The SMILES string of the molecule is B[C@@H]1O[C@@]2(C(C)OC)CSC1C2OC. The van der Waals surface area contributed by atoms with Gasteiger partial charge in [-0.2, -0.15) is 11.8 Å². The van der Waals surface area contributed by atoms with Crippen molar-refractivity contribution in [2.24, 2.45) is 0 Å². The van der Waals surface area contributed by atoms with Gasteiger partial charge < -0.3 is 14.2 Å².